The molecule has 1 aromatic carbocycles. The minimum absolute atomic E-state index is 0.0400. The summed E-state index contributed by atoms with van der Waals surface area (Å²) >= 11 is 0. The number of hydrogen-bond donors (Lipinski definition) is 1. The first kappa shape index (κ1) is 14.8. The average Bonchev–Trinajstić information content (AvgIpc) is 2.87. The van der Waals surface area contributed by atoms with Crippen molar-refractivity contribution in [2.24, 2.45) is 11.8 Å². The monoisotopic (exact) mass is 284 g/mol. The van der Waals surface area contributed by atoms with Gasteiger partial charge in [-0.05, 0) is 29.7 Å². The highest BCUT2D eigenvalue weighted by Crippen LogP contribution is 2.23. The van der Waals surface area contributed by atoms with Gasteiger partial charge < -0.3 is 10.0 Å². The Labute approximate surface area is 123 Å². The second-order valence-electron chi connectivity index (χ2n) is 5.24. The number of carboxylic acid groups (broad SMARTS) is 1. The molecule has 2 unspecified atom stereocenters. The van der Waals surface area contributed by atoms with Crippen molar-refractivity contribution in [1.82, 2.24) is 4.90 Å². The number of carboxylic acids is 1. The summed E-state index contributed by atoms with van der Waals surface area (Å²) in [6, 6.07) is 8.98. The first-order valence-electron chi connectivity index (χ1n) is 6.71. The highest BCUT2D eigenvalue weighted by atomic mass is 16.4. The van der Waals surface area contributed by atoms with Crippen LogP contribution in [0.5, 0.6) is 0 Å². The van der Waals surface area contributed by atoms with Crippen molar-refractivity contribution in [2.75, 3.05) is 13.1 Å². The summed E-state index contributed by atoms with van der Waals surface area (Å²) in [6.45, 7) is 2.54. The van der Waals surface area contributed by atoms with E-state index < -0.39 is 11.9 Å². The van der Waals surface area contributed by atoms with Crippen LogP contribution in [0, 0.1) is 23.2 Å². The van der Waals surface area contributed by atoms with Gasteiger partial charge in [-0.3, -0.25) is 9.59 Å². The van der Waals surface area contributed by atoms with E-state index >= 15 is 0 Å². The van der Waals surface area contributed by atoms with E-state index in [1.54, 1.807) is 35.2 Å². The molecule has 0 spiro atoms. The van der Waals surface area contributed by atoms with Crippen molar-refractivity contribution in [2.45, 2.75) is 6.92 Å². The fraction of sp³-hybridized carbons (Fsp3) is 0.312. The zero-order valence-electron chi connectivity index (χ0n) is 11.7. The van der Waals surface area contributed by atoms with Crippen LogP contribution in [0.15, 0.2) is 30.3 Å². The number of hydrogen-bond acceptors (Lipinski definition) is 3. The van der Waals surface area contributed by atoms with Crippen molar-refractivity contribution in [3.8, 4) is 6.07 Å². The maximum absolute atomic E-state index is 12.1. The molecule has 0 bridgehead atoms. The molecule has 1 aliphatic rings. The lowest BCUT2D eigenvalue weighted by atomic mass is 9.99. The molecular formula is C16H16N2O3. The van der Waals surface area contributed by atoms with Crippen LogP contribution >= 0.6 is 0 Å². The highest BCUT2D eigenvalue weighted by molar-refractivity contribution is 5.92. The number of carbonyl (C=O) groups is 2. The minimum atomic E-state index is -0.858. The summed E-state index contributed by atoms with van der Waals surface area (Å²) in [7, 11) is 0. The molecule has 1 fully saturated rings. The van der Waals surface area contributed by atoms with Gasteiger partial charge >= 0.3 is 5.97 Å². The van der Waals surface area contributed by atoms with E-state index in [-0.39, 0.29) is 18.4 Å². The number of rotatable bonds is 3. The molecule has 1 heterocycles. The molecule has 0 radical (unpaired) electrons. The van der Waals surface area contributed by atoms with Gasteiger partial charge in [-0.2, -0.15) is 5.26 Å². The van der Waals surface area contributed by atoms with Gasteiger partial charge in [-0.25, -0.2) is 0 Å². The van der Waals surface area contributed by atoms with E-state index in [1.807, 2.05) is 13.0 Å². The van der Waals surface area contributed by atoms with Crippen LogP contribution < -0.4 is 0 Å². The van der Waals surface area contributed by atoms with E-state index in [1.165, 1.54) is 6.08 Å². The van der Waals surface area contributed by atoms with Crippen LogP contribution in [0.3, 0.4) is 0 Å². The Morgan fingerprint density at radius 2 is 2.19 bits per heavy atom. The molecule has 0 aliphatic carbocycles. The SMILES string of the molecule is CC1CN(C(=O)C=Cc2cccc(C#N)c2)CC1C(=O)O. The second-order valence-corrected chi connectivity index (χ2v) is 5.24. The van der Waals surface area contributed by atoms with E-state index in [2.05, 4.69) is 0 Å². The van der Waals surface area contributed by atoms with Crippen LogP contribution in [0.4, 0.5) is 0 Å². The number of nitrogens with zero attached hydrogens (tertiary/aromatic N) is 2. The quantitative estimate of drug-likeness (QED) is 0.857. The molecule has 5 nitrogen and oxygen atoms in total. The van der Waals surface area contributed by atoms with Gasteiger partial charge in [0.15, 0.2) is 0 Å². The Kier molecular flexibility index (Phi) is 4.39. The van der Waals surface area contributed by atoms with Gasteiger partial charge in [0, 0.05) is 19.2 Å². The first-order chi connectivity index (χ1) is 10.0. The third-order valence-corrected chi connectivity index (χ3v) is 3.68. The lowest BCUT2D eigenvalue weighted by molar-refractivity contribution is -0.142. The zero-order chi connectivity index (χ0) is 15.4. The molecule has 0 aromatic heterocycles. The highest BCUT2D eigenvalue weighted by Gasteiger charge is 2.36. The van der Waals surface area contributed by atoms with Gasteiger partial charge in [-0.1, -0.05) is 19.1 Å². The molecule has 2 rings (SSSR count). The number of carbonyl (C=O) groups excluding carboxylic acids is 1. The van der Waals surface area contributed by atoms with E-state index in [9.17, 15) is 9.59 Å². The Morgan fingerprint density at radius 3 is 2.81 bits per heavy atom. The van der Waals surface area contributed by atoms with Crippen LogP contribution in [-0.2, 0) is 9.59 Å². The number of likely N-dealkylation sites (tertiary alicyclic amines) is 1. The fourth-order valence-corrected chi connectivity index (χ4v) is 2.45. The van der Waals surface area contributed by atoms with Crippen LogP contribution in [0.1, 0.15) is 18.1 Å². The largest absolute Gasteiger partial charge is 0.481 e. The lowest BCUT2D eigenvalue weighted by Crippen LogP contribution is -2.28. The Hall–Kier alpha value is -2.61. The van der Waals surface area contributed by atoms with E-state index in [0.29, 0.717) is 12.1 Å². The molecule has 5 heteroatoms. The molecule has 108 valence electrons. The summed E-state index contributed by atoms with van der Waals surface area (Å²) in [4.78, 5) is 24.7. The smallest absolute Gasteiger partial charge is 0.308 e. The molecule has 1 aromatic rings. The predicted molar refractivity (Wildman–Crippen MR) is 77.1 cm³/mol. The average molecular weight is 284 g/mol. The third-order valence-electron chi connectivity index (χ3n) is 3.68. The molecule has 21 heavy (non-hydrogen) atoms. The Balaban J connectivity index is 2.03. The van der Waals surface area contributed by atoms with Crippen LogP contribution in [0.25, 0.3) is 6.08 Å². The van der Waals surface area contributed by atoms with Gasteiger partial charge in [0.2, 0.25) is 5.91 Å². The summed E-state index contributed by atoms with van der Waals surface area (Å²) in [5.74, 6) is -1.59. The van der Waals surface area contributed by atoms with E-state index in [4.69, 9.17) is 10.4 Å². The second kappa shape index (κ2) is 6.23. The van der Waals surface area contributed by atoms with Gasteiger partial charge in [0.1, 0.15) is 0 Å². The minimum Gasteiger partial charge on any atom is -0.481 e. The molecular weight excluding hydrogens is 268 g/mol. The Morgan fingerprint density at radius 1 is 1.43 bits per heavy atom. The third kappa shape index (κ3) is 3.48. The molecule has 1 amide bonds. The lowest BCUT2D eigenvalue weighted by Gasteiger charge is -2.12. The molecule has 0 saturated carbocycles. The van der Waals surface area contributed by atoms with Crippen LogP contribution in [0.2, 0.25) is 0 Å². The predicted octanol–water partition coefficient (Wildman–Crippen LogP) is 1.75. The number of nitriles is 1. The number of benzene rings is 1. The molecule has 1 saturated heterocycles. The maximum Gasteiger partial charge on any atom is 0.308 e. The summed E-state index contributed by atoms with van der Waals surface area (Å²) < 4.78 is 0. The standard InChI is InChI=1S/C16H16N2O3/c1-11-9-18(10-14(11)16(20)21)15(19)6-5-12-3-2-4-13(7-12)8-17/h2-7,11,14H,9-10H2,1H3,(H,20,21). The van der Waals surface area contributed by atoms with E-state index in [0.717, 1.165) is 5.56 Å². The Bertz CT molecular complexity index is 631. The van der Waals surface area contributed by atoms with Crippen molar-refractivity contribution in [3.05, 3.63) is 41.5 Å². The molecule has 1 N–H and O–H groups in total. The normalized spacial score (nSPS) is 21.4. The number of amides is 1. The van der Waals surface area contributed by atoms with Crippen LogP contribution in [-0.4, -0.2) is 35.0 Å². The van der Waals surface area contributed by atoms with Crippen molar-refractivity contribution in [1.29, 1.82) is 5.26 Å². The fourth-order valence-electron chi connectivity index (χ4n) is 2.45. The molecule has 2 atom stereocenters. The maximum atomic E-state index is 12.1. The summed E-state index contributed by atoms with van der Waals surface area (Å²) in [5.41, 5.74) is 1.30. The number of aliphatic carboxylic acids is 1. The van der Waals surface area contributed by atoms with Crippen molar-refractivity contribution < 1.29 is 14.7 Å². The van der Waals surface area contributed by atoms with Gasteiger partial charge in [0.05, 0.1) is 17.6 Å². The topological polar surface area (TPSA) is 81.4 Å². The van der Waals surface area contributed by atoms with Gasteiger partial charge in [0.25, 0.3) is 0 Å². The zero-order valence-corrected chi connectivity index (χ0v) is 11.7. The van der Waals surface area contributed by atoms with Crippen molar-refractivity contribution >= 4 is 18.0 Å². The summed E-state index contributed by atoms with van der Waals surface area (Å²) in [6.07, 6.45) is 3.06. The first-order valence-corrected chi connectivity index (χ1v) is 6.71. The summed E-state index contributed by atoms with van der Waals surface area (Å²) in [5, 5.41) is 17.9. The molecule has 1 aliphatic heterocycles. The van der Waals surface area contributed by atoms with Crippen molar-refractivity contribution in [3.63, 3.8) is 0 Å². The van der Waals surface area contributed by atoms with Gasteiger partial charge in [-0.15, -0.1) is 0 Å².